The summed E-state index contributed by atoms with van der Waals surface area (Å²) in [4.78, 5) is 16.6. The highest BCUT2D eigenvalue weighted by Crippen LogP contribution is 2.31. The van der Waals surface area contributed by atoms with Crippen LogP contribution in [0.25, 0.3) is 0 Å². The molecule has 29 heavy (non-hydrogen) atoms. The number of ether oxygens (including phenoxy) is 2. The van der Waals surface area contributed by atoms with Gasteiger partial charge < -0.3 is 14.4 Å². The summed E-state index contributed by atoms with van der Waals surface area (Å²) < 4.78 is 12.0. The number of benzene rings is 2. The van der Waals surface area contributed by atoms with Crippen molar-refractivity contribution in [2.45, 2.75) is 39.0 Å². The van der Waals surface area contributed by atoms with Crippen molar-refractivity contribution in [2.75, 3.05) is 26.7 Å². The van der Waals surface area contributed by atoms with Crippen molar-refractivity contribution in [2.24, 2.45) is 5.92 Å². The monoisotopic (exact) mass is 394 g/mol. The van der Waals surface area contributed by atoms with Gasteiger partial charge >= 0.3 is 0 Å². The number of carbonyl (C=O) groups excluding carboxylic acids is 1. The number of nitrogens with zero attached hydrogens (tertiary/aromatic N) is 2. The van der Waals surface area contributed by atoms with Gasteiger partial charge in [-0.25, -0.2) is 0 Å². The van der Waals surface area contributed by atoms with E-state index in [1.54, 1.807) is 14.0 Å². The van der Waals surface area contributed by atoms with Crippen LogP contribution in [0.4, 0.5) is 0 Å². The van der Waals surface area contributed by atoms with Crippen LogP contribution in [0.5, 0.6) is 11.5 Å². The van der Waals surface area contributed by atoms with E-state index in [9.17, 15) is 4.79 Å². The predicted octanol–water partition coefficient (Wildman–Crippen LogP) is 3.72. The molecule has 0 N–H and O–H groups in total. The molecule has 2 aromatic rings. The molecular weight excluding hydrogens is 364 g/mol. The molecule has 2 aliphatic rings. The lowest BCUT2D eigenvalue weighted by Crippen LogP contribution is -2.46. The number of hydrogen-bond acceptors (Lipinski definition) is 4. The molecule has 2 aliphatic heterocycles. The Morgan fingerprint density at radius 3 is 2.76 bits per heavy atom. The van der Waals surface area contributed by atoms with Crippen molar-refractivity contribution >= 4 is 5.91 Å². The normalized spacial score (nSPS) is 22.3. The maximum absolute atomic E-state index is 12.2. The van der Waals surface area contributed by atoms with Gasteiger partial charge in [0.1, 0.15) is 17.6 Å². The zero-order valence-corrected chi connectivity index (χ0v) is 17.3. The Hall–Kier alpha value is -2.53. The fourth-order valence-electron chi connectivity index (χ4n) is 4.54. The van der Waals surface area contributed by atoms with Gasteiger partial charge in [-0.15, -0.1) is 0 Å². The summed E-state index contributed by atoms with van der Waals surface area (Å²) in [6.07, 6.45) is 2.28. The molecule has 2 atom stereocenters. The van der Waals surface area contributed by atoms with Crippen LogP contribution in [0.2, 0.25) is 0 Å². The van der Waals surface area contributed by atoms with E-state index in [0.29, 0.717) is 19.0 Å². The smallest absolute Gasteiger partial charge is 0.219 e. The lowest BCUT2D eigenvalue weighted by molar-refractivity contribution is -0.130. The van der Waals surface area contributed by atoms with E-state index >= 15 is 0 Å². The van der Waals surface area contributed by atoms with Crippen LogP contribution in [0.15, 0.2) is 48.5 Å². The molecule has 5 nitrogen and oxygen atoms in total. The van der Waals surface area contributed by atoms with E-state index in [1.165, 1.54) is 5.56 Å². The van der Waals surface area contributed by atoms with Crippen molar-refractivity contribution < 1.29 is 14.3 Å². The van der Waals surface area contributed by atoms with Crippen LogP contribution in [-0.2, 0) is 17.9 Å². The first-order valence-electron chi connectivity index (χ1n) is 10.5. The maximum atomic E-state index is 12.2. The molecule has 0 aliphatic carbocycles. The third-order valence-corrected chi connectivity index (χ3v) is 6.11. The van der Waals surface area contributed by atoms with Crippen LogP contribution in [-0.4, -0.2) is 48.6 Å². The first kappa shape index (κ1) is 19.8. The summed E-state index contributed by atoms with van der Waals surface area (Å²) >= 11 is 0. The molecule has 1 saturated heterocycles. The number of fused-ring (bicyclic) bond motifs is 1. The summed E-state index contributed by atoms with van der Waals surface area (Å²) in [6, 6.07) is 16.3. The topological polar surface area (TPSA) is 42.0 Å². The highest BCUT2D eigenvalue weighted by molar-refractivity contribution is 5.73. The number of rotatable bonds is 4. The van der Waals surface area contributed by atoms with E-state index < -0.39 is 0 Å². The minimum Gasteiger partial charge on any atom is -0.496 e. The molecule has 2 aromatic carbocycles. The Morgan fingerprint density at radius 1 is 1.14 bits per heavy atom. The lowest BCUT2D eigenvalue weighted by atomic mass is 9.91. The fourth-order valence-corrected chi connectivity index (χ4v) is 4.54. The van der Waals surface area contributed by atoms with Gasteiger partial charge in [0.25, 0.3) is 0 Å². The molecule has 0 radical (unpaired) electrons. The number of methoxy groups -OCH3 is 1. The van der Waals surface area contributed by atoms with Crippen molar-refractivity contribution in [1.29, 1.82) is 0 Å². The van der Waals surface area contributed by atoms with Gasteiger partial charge in [-0.2, -0.15) is 0 Å². The standard InChI is InChI=1S/C24H30N2O3/c1-18(27)26-16-21-9-4-6-12-23(21)29-24(17-26)20-10-7-13-25(15-20)14-19-8-3-5-11-22(19)28-2/h3-6,8-9,11-12,20,24H,7,10,13-17H2,1-2H3. The molecule has 0 saturated carbocycles. The quantitative estimate of drug-likeness (QED) is 0.793. The summed E-state index contributed by atoms with van der Waals surface area (Å²) in [5, 5.41) is 0. The summed E-state index contributed by atoms with van der Waals surface area (Å²) in [5.41, 5.74) is 2.31. The first-order valence-corrected chi connectivity index (χ1v) is 10.5. The second-order valence-electron chi connectivity index (χ2n) is 8.11. The number of likely N-dealkylation sites (tertiary alicyclic amines) is 1. The molecule has 1 amide bonds. The average Bonchev–Trinajstić information content (AvgIpc) is 2.94. The van der Waals surface area contributed by atoms with Crippen molar-refractivity contribution in [1.82, 2.24) is 9.80 Å². The molecule has 0 aromatic heterocycles. The van der Waals surface area contributed by atoms with E-state index in [1.807, 2.05) is 35.2 Å². The summed E-state index contributed by atoms with van der Waals surface area (Å²) in [7, 11) is 1.73. The van der Waals surface area contributed by atoms with Crippen LogP contribution in [0, 0.1) is 5.92 Å². The highest BCUT2D eigenvalue weighted by Gasteiger charge is 2.33. The Labute approximate surface area is 173 Å². The van der Waals surface area contributed by atoms with Gasteiger partial charge in [0, 0.05) is 43.6 Å². The van der Waals surface area contributed by atoms with Crippen molar-refractivity contribution in [3.8, 4) is 11.5 Å². The van der Waals surface area contributed by atoms with Gasteiger partial charge in [-0.1, -0.05) is 36.4 Å². The molecule has 2 unspecified atom stereocenters. The van der Waals surface area contributed by atoms with Crippen LogP contribution in [0.3, 0.4) is 0 Å². The molecule has 5 heteroatoms. The third-order valence-electron chi connectivity index (χ3n) is 6.11. The van der Waals surface area contributed by atoms with E-state index in [0.717, 1.165) is 49.5 Å². The Balaban J connectivity index is 1.50. The average molecular weight is 395 g/mol. The van der Waals surface area contributed by atoms with Gasteiger partial charge in [-0.05, 0) is 31.5 Å². The Bertz CT molecular complexity index is 854. The maximum Gasteiger partial charge on any atom is 0.219 e. The molecule has 0 bridgehead atoms. The molecule has 1 fully saturated rings. The summed E-state index contributed by atoms with van der Waals surface area (Å²) in [5.74, 6) is 2.36. The minimum absolute atomic E-state index is 0.0167. The third kappa shape index (κ3) is 4.56. The molecule has 2 heterocycles. The van der Waals surface area contributed by atoms with E-state index in [2.05, 4.69) is 23.1 Å². The largest absolute Gasteiger partial charge is 0.496 e. The van der Waals surface area contributed by atoms with Crippen LogP contribution in [0.1, 0.15) is 30.9 Å². The second-order valence-corrected chi connectivity index (χ2v) is 8.11. The van der Waals surface area contributed by atoms with Gasteiger partial charge in [0.15, 0.2) is 0 Å². The van der Waals surface area contributed by atoms with E-state index in [-0.39, 0.29) is 12.0 Å². The number of carbonyl (C=O) groups is 1. The predicted molar refractivity (Wildman–Crippen MR) is 113 cm³/mol. The zero-order chi connectivity index (χ0) is 20.2. The zero-order valence-electron chi connectivity index (χ0n) is 17.3. The summed E-state index contributed by atoms with van der Waals surface area (Å²) in [6.45, 7) is 5.85. The molecule has 154 valence electrons. The van der Waals surface area contributed by atoms with Gasteiger partial charge in [0.2, 0.25) is 5.91 Å². The van der Waals surface area contributed by atoms with Crippen molar-refractivity contribution in [3.05, 3.63) is 59.7 Å². The Kier molecular flexibility index (Phi) is 6.05. The number of hydrogen-bond donors (Lipinski definition) is 0. The van der Waals surface area contributed by atoms with E-state index in [4.69, 9.17) is 9.47 Å². The molecular formula is C24H30N2O3. The van der Waals surface area contributed by atoms with Crippen molar-refractivity contribution in [3.63, 3.8) is 0 Å². The number of para-hydroxylation sites is 2. The lowest BCUT2D eigenvalue weighted by Gasteiger charge is -2.37. The molecule has 0 spiro atoms. The minimum atomic E-state index is 0.0167. The van der Waals surface area contributed by atoms with Gasteiger partial charge in [-0.3, -0.25) is 9.69 Å². The fraction of sp³-hybridized carbons (Fsp3) is 0.458. The van der Waals surface area contributed by atoms with Crippen LogP contribution >= 0.6 is 0 Å². The Morgan fingerprint density at radius 2 is 1.93 bits per heavy atom. The van der Waals surface area contributed by atoms with Crippen LogP contribution < -0.4 is 9.47 Å². The second kappa shape index (κ2) is 8.87. The first-order chi connectivity index (χ1) is 14.1. The number of amides is 1. The molecule has 4 rings (SSSR count). The van der Waals surface area contributed by atoms with Gasteiger partial charge in [0.05, 0.1) is 13.7 Å². The highest BCUT2D eigenvalue weighted by atomic mass is 16.5. The SMILES string of the molecule is COc1ccccc1CN1CCCC(C2CN(C(C)=O)Cc3ccccc3O2)C1. The number of piperidine rings is 1.